The van der Waals surface area contributed by atoms with Gasteiger partial charge < -0.3 is 9.52 Å². The molecule has 0 radical (unpaired) electrons. The van der Waals surface area contributed by atoms with Crippen LogP contribution < -0.4 is 0 Å². The summed E-state index contributed by atoms with van der Waals surface area (Å²) in [6, 6.07) is 8.03. The van der Waals surface area contributed by atoms with Crippen LogP contribution in [0.3, 0.4) is 0 Å². The molecule has 0 aliphatic carbocycles. The highest BCUT2D eigenvalue weighted by Crippen LogP contribution is 2.18. The number of aliphatic hydroxyl groups excluding tert-OH is 1. The second kappa shape index (κ2) is 4.75. The third kappa shape index (κ3) is 2.44. The van der Waals surface area contributed by atoms with Gasteiger partial charge in [0.2, 0.25) is 5.89 Å². The average molecular weight is 203 g/mol. The highest BCUT2D eigenvalue weighted by molar-refractivity contribution is 5.53. The van der Waals surface area contributed by atoms with Crippen molar-refractivity contribution in [2.75, 3.05) is 6.61 Å². The summed E-state index contributed by atoms with van der Waals surface area (Å²) in [5.41, 5.74) is 2.18. The number of rotatable bonds is 4. The van der Waals surface area contributed by atoms with Crippen molar-refractivity contribution in [2.45, 2.75) is 12.8 Å². The lowest BCUT2D eigenvalue weighted by atomic mass is 10.1. The smallest absolute Gasteiger partial charge is 0.225 e. The Balaban J connectivity index is 2.19. The van der Waals surface area contributed by atoms with E-state index in [4.69, 9.17) is 9.52 Å². The first-order chi connectivity index (χ1) is 7.40. The second-order valence-electron chi connectivity index (χ2n) is 3.36. The topological polar surface area (TPSA) is 46.3 Å². The molecule has 3 heteroatoms. The monoisotopic (exact) mass is 203 g/mol. The van der Waals surface area contributed by atoms with Crippen LogP contribution in [0, 0.1) is 0 Å². The van der Waals surface area contributed by atoms with E-state index in [1.54, 1.807) is 12.5 Å². The molecule has 0 saturated carbocycles. The Bertz CT molecular complexity index is 409. The summed E-state index contributed by atoms with van der Waals surface area (Å²) in [5.74, 6) is 0.640. The molecular weight excluding hydrogens is 190 g/mol. The molecule has 1 aromatic carbocycles. The third-order valence-electron chi connectivity index (χ3n) is 2.23. The number of aliphatic hydroxyl groups is 1. The van der Waals surface area contributed by atoms with Crippen LogP contribution in [0.25, 0.3) is 11.5 Å². The summed E-state index contributed by atoms with van der Waals surface area (Å²) < 4.78 is 5.22. The van der Waals surface area contributed by atoms with Gasteiger partial charge in [0, 0.05) is 12.2 Å². The maximum atomic E-state index is 8.75. The minimum atomic E-state index is 0.225. The number of oxazole rings is 1. The summed E-state index contributed by atoms with van der Waals surface area (Å²) in [7, 11) is 0. The molecule has 0 aliphatic rings. The summed E-state index contributed by atoms with van der Waals surface area (Å²) >= 11 is 0. The second-order valence-corrected chi connectivity index (χ2v) is 3.36. The molecule has 1 aromatic heterocycles. The van der Waals surface area contributed by atoms with Crippen LogP contribution in [-0.4, -0.2) is 16.7 Å². The molecule has 0 unspecified atom stereocenters. The molecule has 0 fully saturated rings. The van der Waals surface area contributed by atoms with Gasteiger partial charge in [0.15, 0.2) is 0 Å². The molecule has 2 rings (SSSR count). The van der Waals surface area contributed by atoms with Gasteiger partial charge in [0.1, 0.15) is 6.26 Å². The Morgan fingerprint density at radius 3 is 3.00 bits per heavy atom. The molecule has 0 amide bonds. The largest absolute Gasteiger partial charge is 0.445 e. The van der Waals surface area contributed by atoms with E-state index in [2.05, 4.69) is 4.98 Å². The zero-order valence-electron chi connectivity index (χ0n) is 8.39. The number of aromatic nitrogens is 1. The minimum absolute atomic E-state index is 0.225. The van der Waals surface area contributed by atoms with Gasteiger partial charge in [-0.25, -0.2) is 4.98 Å². The fraction of sp³-hybridized carbons (Fsp3) is 0.250. The van der Waals surface area contributed by atoms with Gasteiger partial charge in [-0.15, -0.1) is 0 Å². The number of benzene rings is 1. The summed E-state index contributed by atoms with van der Waals surface area (Å²) in [5, 5.41) is 8.75. The van der Waals surface area contributed by atoms with Crippen molar-refractivity contribution in [3.63, 3.8) is 0 Å². The van der Waals surface area contributed by atoms with Gasteiger partial charge >= 0.3 is 0 Å². The highest BCUT2D eigenvalue weighted by Gasteiger charge is 2.02. The first-order valence-corrected chi connectivity index (χ1v) is 5.00. The molecule has 0 atom stereocenters. The maximum absolute atomic E-state index is 8.75. The molecule has 1 N–H and O–H groups in total. The Hall–Kier alpha value is -1.61. The van der Waals surface area contributed by atoms with Crippen LogP contribution in [0.1, 0.15) is 12.0 Å². The van der Waals surface area contributed by atoms with Gasteiger partial charge in [-0.1, -0.05) is 12.1 Å². The van der Waals surface area contributed by atoms with E-state index in [0.29, 0.717) is 5.89 Å². The first-order valence-electron chi connectivity index (χ1n) is 5.00. The molecule has 0 spiro atoms. The van der Waals surface area contributed by atoms with Crippen LogP contribution >= 0.6 is 0 Å². The van der Waals surface area contributed by atoms with Crippen molar-refractivity contribution >= 4 is 0 Å². The van der Waals surface area contributed by atoms with Crippen molar-refractivity contribution in [3.8, 4) is 11.5 Å². The number of nitrogens with zero attached hydrogens (tertiary/aromatic N) is 1. The molecule has 15 heavy (non-hydrogen) atoms. The van der Waals surface area contributed by atoms with E-state index in [-0.39, 0.29) is 6.61 Å². The van der Waals surface area contributed by atoms with E-state index in [9.17, 15) is 0 Å². The predicted molar refractivity (Wildman–Crippen MR) is 57.3 cm³/mol. The number of aryl methyl sites for hydroxylation is 1. The fourth-order valence-corrected chi connectivity index (χ4v) is 1.51. The van der Waals surface area contributed by atoms with Crippen molar-refractivity contribution < 1.29 is 9.52 Å². The van der Waals surface area contributed by atoms with Crippen LogP contribution in [0.5, 0.6) is 0 Å². The summed E-state index contributed by atoms with van der Waals surface area (Å²) in [6.45, 7) is 0.225. The van der Waals surface area contributed by atoms with Crippen molar-refractivity contribution in [2.24, 2.45) is 0 Å². The standard InChI is InChI=1S/C12H13NO2/c14-7-2-4-10-3-1-5-11(9-10)12-13-6-8-15-12/h1,3,5-6,8-9,14H,2,4,7H2. The fourth-order valence-electron chi connectivity index (χ4n) is 1.51. The molecule has 0 saturated heterocycles. The van der Waals surface area contributed by atoms with Crippen molar-refractivity contribution in [1.29, 1.82) is 0 Å². The zero-order chi connectivity index (χ0) is 10.5. The average Bonchev–Trinajstić information content (AvgIpc) is 2.80. The lowest BCUT2D eigenvalue weighted by Gasteiger charge is -2.01. The van der Waals surface area contributed by atoms with Crippen molar-refractivity contribution in [1.82, 2.24) is 4.98 Å². The lowest BCUT2D eigenvalue weighted by molar-refractivity contribution is 0.288. The minimum Gasteiger partial charge on any atom is -0.445 e. The van der Waals surface area contributed by atoms with Crippen molar-refractivity contribution in [3.05, 3.63) is 42.3 Å². The molecule has 2 aromatic rings. The zero-order valence-corrected chi connectivity index (χ0v) is 8.39. The summed E-state index contributed by atoms with van der Waals surface area (Å²) in [4.78, 5) is 4.09. The Morgan fingerprint density at radius 1 is 1.33 bits per heavy atom. The predicted octanol–water partition coefficient (Wildman–Crippen LogP) is 2.27. The van der Waals surface area contributed by atoms with Gasteiger partial charge in [0.05, 0.1) is 6.20 Å². The van der Waals surface area contributed by atoms with Crippen LogP contribution in [0.15, 0.2) is 41.1 Å². The molecule has 0 bridgehead atoms. The van der Waals surface area contributed by atoms with E-state index in [1.165, 1.54) is 5.56 Å². The molecule has 0 aliphatic heterocycles. The Labute approximate surface area is 88.4 Å². The van der Waals surface area contributed by atoms with E-state index < -0.39 is 0 Å². The normalized spacial score (nSPS) is 10.5. The first kappa shape index (κ1) is 9.93. The van der Waals surface area contributed by atoms with Gasteiger partial charge in [-0.3, -0.25) is 0 Å². The lowest BCUT2D eigenvalue weighted by Crippen LogP contribution is -1.89. The van der Waals surface area contributed by atoms with E-state index >= 15 is 0 Å². The van der Waals surface area contributed by atoms with Crippen LogP contribution in [0.2, 0.25) is 0 Å². The van der Waals surface area contributed by atoms with E-state index in [0.717, 1.165) is 18.4 Å². The van der Waals surface area contributed by atoms with Gasteiger partial charge in [0.25, 0.3) is 0 Å². The van der Waals surface area contributed by atoms with Gasteiger partial charge in [-0.2, -0.15) is 0 Å². The molecule has 3 nitrogen and oxygen atoms in total. The van der Waals surface area contributed by atoms with Crippen LogP contribution in [-0.2, 0) is 6.42 Å². The maximum Gasteiger partial charge on any atom is 0.225 e. The Morgan fingerprint density at radius 2 is 2.27 bits per heavy atom. The molecular formula is C12H13NO2. The number of hydrogen-bond donors (Lipinski definition) is 1. The quantitative estimate of drug-likeness (QED) is 0.829. The Kier molecular flexibility index (Phi) is 3.15. The van der Waals surface area contributed by atoms with Crippen LogP contribution in [0.4, 0.5) is 0 Å². The summed E-state index contributed by atoms with van der Waals surface area (Å²) in [6.07, 6.45) is 4.87. The molecule has 1 heterocycles. The molecule has 78 valence electrons. The van der Waals surface area contributed by atoms with Gasteiger partial charge in [-0.05, 0) is 30.5 Å². The highest BCUT2D eigenvalue weighted by atomic mass is 16.3. The van der Waals surface area contributed by atoms with E-state index in [1.807, 2.05) is 24.3 Å². The third-order valence-corrected chi connectivity index (χ3v) is 2.23. The number of hydrogen-bond acceptors (Lipinski definition) is 3. The SMILES string of the molecule is OCCCc1cccc(-c2ncco2)c1.